The van der Waals surface area contributed by atoms with E-state index in [0.717, 1.165) is 17.1 Å². The molecule has 0 saturated carbocycles. The van der Waals surface area contributed by atoms with E-state index >= 15 is 0 Å². The van der Waals surface area contributed by atoms with Crippen LogP contribution in [0.4, 0.5) is 5.69 Å². The van der Waals surface area contributed by atoms with Gasteiger partial charge < -0.3 is 10.1 Å². The van der Waals surface area contributed by atoms with Crippen LogP contribution in [0.1, 0.15) is 16.2 Å². The van der Waals surface area contributed by atoms with Gasteiger partial charge in [-0.3, -0.25) is 9.78 Å². The number of benzene rings is 1. The number of amides is 1. The molecule has 1 aromatic carbocycles. The molecule has 134 valence electrons. The summed E-state index contributed by atoms with van der Waals surface area (Å²) in [7, 11) is 1.60. The van der Waals surface area contributed by atoms with Crippen molar-refractivity contribution in [3.05, 3.63) is 72.2 Å². The molecule has 0 aliphatic rings. The second-order valence-electron chi connectivity index (χ2n) is 5.98. The Morgan fingerprint density at radius 1 is 1.07 bits per heavy atom. The van der Waals surface area contributed by atoms with Crippen LogP contribution in [0.5, 0.6) is 5.75 Å². The van der Waals surface area contributed by atoms with Gasteiger partial charge in [0, 0.05) is 23.6 Å². The molecule has 27 heavy (non-hydrogen) atoms. The van der Waals surface area contributed by atoms with Gasteiger partial charge in [-0.05, 0) is 49.4 Å². The lowest BCUT2D eigenvalue weighted by atomic mass is 10.2. The third-order valence-electron chi connectivity index (χ3n) is 4.11. The Bertz CT molecular complexity index is 1100. The minimum absolute atomic E-state index is 0.286. The van der Waals surface area contributed by atoms with Gasteiger partial charge in [0.05, 0.1) is 12.8 Å². The molecule has 0 aliphatic heterocycles. The van der Waals surface area contributed by atoms with Crippen LogP contribution >= 0.6 is 0 Å². The summed E-state index contributed by atoms with van der Waals surface area (Å²) in [6.45, 7) is 1.88. The number of carbonyl (C=O) groups excluding carboxylic acids is 1. The molecule has 1 amide bonds. The summed E-state index contributed by atoms with van der Waals surface area (Å²) < 4.78 is 6.82. The van der Waals surface area contributed by atoms with Crippen LogP contribution in [-0.2, 0) is 0 Å². The van der Waals surface area contributed by atoms with Crippen LogP contribution in [0.15, 0.2) is 60.8 Å². The van der Waals surface area contributed by atoms with Crippen LogP contribution in [0, 0.1) is 6.92 Å². The molecule has 0 aliphatic carbocycles. The summed E-state index contributed by atoms with van der Waals surface area (Å²) in [6.07, 6.45) is 1.72. The fourth-order valence-electron chi connectivity index (χ4n) is 2.75. The van der Waals surface area contributed by atoms with E-state index in [1.165, 1.54) is 0 Å². The number of hydrogen-bond donors (Lipinski definition) is 1. The minimum Gasteiger partial charge on any atom is -0.497 e. The van der Waals surface area contributed by atoms with Gasteiger partial charge in [0.25, 0.3) is 5.91 Å². The van der Waals surface area contributed by atoms with Crippen LogP contribution in [0.3, 0.4) is 0 Å². The zero-order chi connectivity index (χ0) is 18.8. The maximum Gasteiger partial charge on any atom is 0.274 e. The molecule has 0 saturated heterocycles. The second-order valence-corrected chi connectivity index (χ2v) is 5.98. The highest BCUT2D eigenvalue weighted by molar-refractivity contribution is 6.03. The number of pyridine rings is 1. The van der Waals surface area contributed by atoms with Crippen molar-refractivity contribution < 1.29 is 9.53 Å². The van der Waals surface area contributed by atoms with Crippen molar-refractivity contribution in [2.75, 3.05) is 12.4 Å². The lowest BCUT2D eigenvalue weighted by molar-refractivity contribution is 0.102. The average Bonchev–Trinajstić information content (AvgIpc) is 3.14. The zero-order valence-corrected chi connectivity index (χ0v) is 14.9. The number of nitrogens with zero attached hydrogens (tertiary/aromatic N) is 4. The van der Waals surface area contributed by atoms with Gasteiger partial charge in [-0.25, -0.2) is 9.50 Å². The average molecular weight is 359 g/mol. The normalized spacial score (nSPS) is 10.7. The molecule has 0 fully saturated rings. The van der Waals surface area contributed by atoms with E-state index in [2.05, 4.69) is 20.4 Å². The zero-order valence-electron chi connectivity index (χ0n) is 14.9. The largest absolute Gasteiger partial charge is 0.497 e. The van der Waals surface area contributed by atoms with Crippen molar-refractivity contribution in [1.29, 1.82) is 0 Å². The molecule has 0 unspecified atom stereocenters. The Morgan fingerprint density at radius 2 is 1.89 bits per heavy atom. The molecular formula is C20H17N5O2. The summed E-state index contributed by atoms with van der Waals surface area (Å²) in [4.78, 5) is 21.4. The Morgan fingerprint density at radius 3 is 2.59 bits per heavy atom. The Labute approximate surface area is 155 Å². The van der Waals surface area contributed by atoms with Gasteiger partial charge in [0.15, 0.2) is 5.65 Å². The lowest BCUT2D eigenvalue weighted by Gasteiger charge is -2.07. The topological polar surface area (TPSA) is 81.4 Å². The number of hydrogen-bond acceptors (Lipinski definition) is 5. The lowest BCUT2D eigenvalue weighted by Crippen LogP contribution is -2.15. The highest BCUT2D eigenvalue weighted by Gasteiger charge is 2.14. The molecule has 0 atom stereocenters. The molecule has 4 rings (SSSR count). The highest BCUT2D eigenvalue weighted by atomic mass is 16.5. The maximum absolute atomic E-state index is 12.6. The first-order chi connectivity index (χ1) is 13.1. The van der Waals surface area contributed by atoms with E-state index in [-0.39, 0.29) is 5.91 Å². The quantitative estimate of drug-likeness (QED) is 0.604. The van der Waals surface area contributed by atoms with Crippen molar-refractivity contribution in [1.82, 2.24) is 19.6 Å². The van der Waals surface area contributed by atoms with Gasteiger partial charge in [-0.1, -0.05) is 6.07 Å². The SMILES string of the molecule is COc1ccc(NC(=O)c2cc(C)n3nc(-c4ccccn4)cc3n2)cc1. The summed E-state index contributed by atoms with van der Waals surface area (Å²) in [6, 6.07) is 16.3. The van der Waals surface area contributed by atoms with Gasteiger partial charge in [-0.15, -0.1) is 0 Å². The van der Waals surface area contributed by atoms with Crippen molar-refractivity contribution in [3.63, 3.8) is 0 Å². The third kappa shape index (κ3) is 3.35. The number of ether oxygens (including phenoxy) is 1. The second kappa shape index (κ2) is 6.87. The first-order valence-electron chi connectivity index (χ1n) is 8.38. The standard InChI is InChI=1S/C20H17N5O2/c1-13-11-18(20(26)22-14-6-8-15(27-2)9-7-14)23-19-12-17(24-25(13)19)16-5-3-4-10-21-16/h3-12H,1-2H3,(H,22,26). The number of carbonyl (C=O) groups is 1. The monoisotopic (exact) mass is 359 g/mol. The molecule has 3 aromatic heterocycles. The van der Waals surface area contributed by atoms with E-state index in [9.17, 15) is 4.79 Å². The summed E-state index contributed by atoms with van der Waals surface area (Å²) in [5, 5.41) is 7.37. The molecule has 3 heterocycles. The van der Waals surface area contributed by atoms with E-state index in [4.69, 9.17) is 4.74 Å². The predicted molar refractivity (Wildman–Crippen MR) is 102 cm³/mol. The fraction of sp³-hybridized carbons (Fsp3) is 0.100. The Balaban J connectivity index is 1.64. The molecule has 0 bridgehead atoms. The van der Waals surface area contributed by atoms with Gasteiger partial charge >= 0.3 is 0 Å². The number of fused-ring (bicyclic) bond motifs is 1. The van der Waals surface area contributed by atoms with Gasteiger partial charge in [0.1, 0.15) is 17.1 Å². The van der Waals surface area contributed by atoms with E-state index in [0.29, 0.717) is 22.7 Å². The summed E-state index contributed by atoms with van der Waals surface area (Å²) in [5.74, 6) is 0.441. The Hall–Kier alpha value is -3.74. The van der Waals surface area contributed by atoms with Gasteiger partial charge in [0.2, 0.25) is 0 Å². The smallest absolute Gasteiger partial charge is 0.274 e. The first kappa shape index (κ1) is 16.7. The van der Waals surface area contributed by atoms with Crippen molar-refractivity contribution in [2.45, 2.75) is 6.92 Å². The number of aryl methyl sites for hydroxylation is 1. The molecule has 4 aromatic rings. The molecule has 7 nitrogen and oxygen atoms in total. The fourth-order valence-corrected chi connectivity index (χ4v) is 2.75. The first-order valence-corrected chi connectivity index (χ1v) is 8.38. The molecule has 0 spiro atoms. The minimum atomic E-state index is -0.286. The van der Waals surface area contributed by atoms with Crippen LogP contribution < -0.4 is 10.1 Å². The molecule has 0 radical (unpaired) electrons. The van der Waals surface area contributed by atoms with E-state index in [1.807, 2.05) is 31.2 Å². The summed E-state index contributed by atoms with van der Waals surface area (Å²) in [5.41, 5.74) is 3.86. The van der Waals surface area contributed by atoms with Gasteiger partial charge in [-0.2, -0.15) is 5.10 Å². The van der Waals surface area contributed by atoms with E-state index < -0.39 is 0 Å². The van der Waals surface area contributed by atoms with E-state index in [1.54, 1.807) is 48.2 Å². The number of methoxy groups -OCH3 is 1. The van der Waals surface area contributed by atoms with Crippen LogP contribution in [0.2, 0.25) is 0 Å². The third-order valence-corrected chi connectivity index (χ3v) is 4.11. The number of nitrogens with one attached hydrogen (secondary N) is 1. The number of aromatic nitrogens is 4. The van der Waals surface area contributed by atoms with Crippen molar-refractivity contribution >= 4 is 17.2 Å². The van der Waals surface area contributed by atoms with Crippen LogP contribution in [0.25, 0.3) is 17.0 Å². The predicted octanol–water partition coefficient (Wildman–Crippen LogP) is 3.36. The Kier molecular flexibility index (Phi) is 4.25. The molecule has 7 heteroatoms. The van der Waals surface area contributed by atoms with Crippen molar-refractivity contribution in [2.24, 2.45) is 0 Å². The number of anilines is 1. The number of rotatable bonds is 4. The summed E-state index contributed by atoms with van der Waals surface area (Å²) >= 11 is 0. The van der Waals surface area contributed by atoms with Crippen molar-refractivity contribution in [3.8, 4) is 17.1 Å². The molecule has 1 N–H and O–H groups in total. The van der Waals surface area contributed by atoms with Crippen LogP contribution in [-0.4, -0.2) is 32.6 Å². The molecular weight excluding hydrogens is 342 g/mol. The maximum atomic E-state index is 12.6. The highest BCUT2D eigenvalue weighted by Crippen LogP contribution is 2.19.